The number of rotatable bonds is 4. The van der Waals surface area contributed by atoms with Gasteiger partial charge >= 0.3 is 0 Å². The van der Waals surface area contributed by atoms with Gasteiger partial charge in [0.15, 0.2) is 21.3 Å². The van der Waals surface area contributed by atoms with Gasteiger partial charge in [0.25, 0.3) is 0 Å². The highest BCUT2D eigenvalue weighted by atomic mass is 32.2. The van der Waals surface area contributed by atoms with Crippen molar-refractivity contribution in [2.75, 3.05) is 12.0 Å². The molecule has 2 aromatic heterocycles. The van der Waals surface area contributed by atoms with Crippen LogP contribution in [0.3, 0.4) is 0 Å². The van der Waals surface area contributed by atoms with Crippen LogP contribution in [-0.2, 0) is 9.84 Å². The standard InChI is InChI=1S/C26H20F2N4O2S/c1-15-11-12-16(35(2,33)34)13-19(15)24-23(18-8-4-6-10-21(18)28)31-26-25(29)30-22(14-32(24)26)17-7-3-5-9-20(17)27/h3-14H,1-2H3,(H2,29,30). The van der Waals surface area contributed by atoms with E-state index in [2.05, 4.69) is 9.97 Å². The molecule has 2 heterocycles. The fraction of sp³-hybridized carbons (Fsp3) is 0.0769. The maximum Gasteiger partial charge on any atom is 0.181 e. The Bertz CT molecular complexity index is 1730. The summed E-state index contributed by atoms with van der Waals surface area (Å²) in [5.41, 5.74) is 9.11. The van der Waals surface area contributed by atoms with Gasteiger partial charge in [0.1, 0.15) is 17.3 Å². The second-order valence-electron chi connectivity index (χ2n) is 8.22. The molecule has 6 nitrogen and oxygen atoms in total. The van der Waals surface area contributed by atoms with E-state index in [1.807, 2.05) is 6.92 Å². The van der Waals surface area contributed by atoms with Crippen molar-refractivity contribution < 1.29 is 17.2 Å². The Morgan fingerprint density at radius 1 is 0.857 bits per heavy atom. The van der Waals surface area contributed by atoms with Crippen LogP contribution in [0.2, 0.25) is 0 Å². The largest absolute Gasteiger partial charge is 0.381 e. The molecular weight excluding hydrogens is 470 g/mol. The van der Waals surface area contributed by atoms with Crippen LogP contribution in [0, 0.1) is 18.6 Å². The van der Waals surface area contributed by atoms with Crippen molar-refractivity contribution in [1.82, 2.24) is 14.4 Å². The number of nitrogens with zero attached hydrogens (tertiary/aromatic N) is 3. The van der Waals surface area contributed by atoms with E-state index in [0.29, 0.717) is 11.3 Å². The Kier molecular flexibility index (Phi) is 5.36. The Balaban J connectivity index is 1.92. The number of hydrogen-bond acceptors (Lipinski definition) is 5. The van der Waals surface area contributed by atoms with E-state index in [4.69, 9.17) is 5.73 Å². The molecule has 0 bridgehead atoms. The second-order valence-corrected chi connectivity index (χ2v) is 10.2. The van der Waals surface area contributed by atoms with Gasteiger partial charge in [0.2, 0.25) is 0 Å². The number of benzene rings is 3. The van der Waals surface area contributed by atoms with E-state index in [0.717, 1.165) is 11.8 Å². The normalized spacial score (nSPS) is 11.8. The summed E-state index contributed by atoms with van der Waals surface area (Å²) in [6.45, 7) is 1.81. The molecule has 0 saturated carbocycles. The summed E-state index contributed by atoms with van der Waals surface area (Å²) in [6.07, 6.45) is 2.69. The van der Waals surface area contributed by atoms with Crippen LogP contribution in [0.4, 0.5) is 14.6 Å². The molecule has 0 aliphatic heterocycles. The molecule has 0 unspecified atom stereocenters. The number of hydrogen-bond donors (Lipinski definition) is 1. The lowest BCUT2D eigenvalue weighted by Gasteiger charge is -2.12. The average molecular weight is 491 g/mol. The van der Waals surface area contributed by atoms with Gasteiger partial charge in [-0.2, -0.15) is 0 Å². The van der Waals surface area contributed by atoms with Gasteiger partial charge in [-0.05, 0) is 48.9 Å². The maximum atomic E-state index is 14.9. The molecular formula is C26H20F2N4O2S. The van der Waals surface area contributed by atoms with Crippen molar-refractivity contribution in [3.63, 3.8) is 0 Å². The van der Waals surface area contributed by atoms with E-state index in [-0.39, 0.29) is 38.9 Å². The predicted octanol–water partition coefficient (Wildman–Crippen LogP) is 5.30. The zero-order chi connectivity index (χ0) is 24.9. The van der Waals surface area contributed by atoms with Gasteiger partial charge in [-0.1, -0.05) is 30.3 Å². The summed E-state index contributed by atoms with van der Waals surface area (Å²) in [7, 11) is -3.53. The summed E-state index contributed by atoms with van der Waals surface area (Å²) < 4.78 is 55.7. The molecule has 0 aliphatic carbocycles. The number of nitrogens with two attached hydrogens (primary N) is 1. The van der Waals surface area contributed by atoms with Crippen molar-refractivity contribution in [1.29, 1.82) is 0 Å². The third kappa shape index (κ3) is 3.93. The Labute approximate surface area is 200 Å². The fourth-order valence-corrected chi connectivity index (χ4v) is 4.70. The molecule has 176 valence electrons. The summed E-state index contributed by atoms with van der Waals surface area (Å²) in [5, 5.41) is 0. The monoisotopic (exact) mass is 490 g/mol. The first kappa shape index (κ1) is 22.7. The maximum absolute atomic E-state index is 14.9. The lowest BCUT2D eigenvalue weighted by atomic mass is 10.0. The van der Waals surface area contributed by atoms with E-state index >= 15 is 0 Å². The molecule has 5 aromatic rings. The molecule has 0 radical (unpaired) electrons. The van der Waals surface area contributed by atoms with E-state index in [9.17, 15) is 17.2 Å². The van der Waals surface area contributed by atoms with Gasteiger partial charge in [-0.3, -0.25) is 4.40 Å². The lowest BCUT2D eigenvalue weighted by molar-refractivity contribution is 0.602. The van der Waals surface area contributed by atoms with Crippen LogP contribution >= 0.6 is 0 Å². The van der Waals surface area contributed by atoms with Crippen LogP contribution in [0.25, 0.3) is 39.4 Å². The molecule has 0 atom stereocenters. The van der Waals surface area contributed by atoms with Crippen molar-refractivity contribution >= 4 is 21.3 Å². The van der Waals surface area contributed by atoms with Gasteiger partial charge in [-0.25, -0.2) is 27.2 Å². The first-order valence-electron chi connectivity index (χ1n) is 10.6. The number of halogens is 2. The summed E-state index contributed by atoms with van der Waals surface area (Å²) in [6, 6.07) is 17.0. The topological polar surface area (TPSA) is 90.3 Å². The molecule has 0 spiro atoms. The molecule has 0 aliphatic rings. The Hall–Kier alpha value is -4.11. The first-order chi connectivity index (χ1) is 16.6. The van der Waals surface area contributed by atoms with E-state index in [1.165, 1.54) is 24.3 Å². The molecule has 35 heavy (non-hydrogen) atoms. The second kappa shape index (κ2) is 8.28. The number of aromatic nitrogens is 3. The van der Waals surface area contributed by atoms with Crippen LogP contribution < -0.4 is 5.73 Å². The number of anilines is 1. The molecule has 3 aromatic carbocycles. The summed E-state index contributed by atoms with van der Waals surface area (Å²) in [4.78, 5) is 9.04. The van der Waals surface area contributed by atoms with Gasteiger partial charge < -0.3 is 5.73 Å². The number of aryl methyl sites for hydroxylation is 1. The zero-order valence-electron chi connectivity index (χ0n) is 18.8. The first-order valence-corrected chi connectivity index (χ1v) is 12.5. The average Bonchev–Trinajstić information content (AvgIpc) is 3.19. The molecule has 0 amide bonds. The molecule has 9 heteroatoms. The third-order valence-corrected chi connectivity index (χ3v) is 6.91. The van der Waals surface area contributed by atoms with Crippen LogP contribution in [0.5, 0.6) is 0 Å². The predicted molar refractivity (Wildman–Crippen MR) is 131 cm³/mol. The van der Waals surface area contributed by atoms with Gasteiger partial charge in [0, 0.05) is 29.1 Å². The molecule has 5 rings (SSSR count). The van der Waals surface area contributed by atoms with Crippen molar-refractivity contribution in [2.24, 2.45) is 0 Å². The Morgan fingerprint density at radius 3 is 2.11 bits per heavy atom. The number of fused-ring (bicyclic) bond motifs is 1. The number of sulfone groups is 1. The van der Waals surface area contributed by atoms with Crippen molar-refractivity contribution in [2.45, 2.75) is 11.8 Å². The molecule has 0 saturated heterocycles. The molecule has 0 fully saturated rings. The minimum absolute atomic E-state index is 0.0199. The SMILES string of the molecule is Cc1ccc(S(C)(=O)=O)cc1-c1c(-c2ccccc2F)nc2c(N)nc(-c3ccccc3F)cn12. The van der Waals surface area contributed by atoms with Crippen LogP contribution in [-0.4, -0.2) is 29.0 Å². The van der Waals surface area contributed by atoms with Crippen molar-refractivity contribution in [3.8, 4) is 33.8 Å². The van der Waals surface area contributed by atoms with Crippen molar-refractivity contribution in [3.05, 3.63) is 90.1 Å². The minimum Gasteiger partial charge on any atom is -0.381 e. The van der Waals surface area contributed by atoms with Gasteiger partial charge in [0.05, 0.1) is 16.3 Å². The highest BCUT2D eigenvalue weighted by molar-refractivity contribution is 7.90. The number of nitrogen functional groups attached to an aromatic ring is 1. The van der Waals surface area contributed by atoms with E-state index < -0.39 is 21.5 Å². The zero-order valence-corrected chi connectivity index (χ0v) is 19.6. The fourth-order valence-electron chi connectivity index (χ4n) is 4.05. The number of imidazole rings is 1. The highest BCUT2D eigenvalue weighted by Gasteiger charge is 2.24. The highest BCUT2D eigenvalue weighted by Crippen LogP contribution is 2.38. The summed E-state index contributed by atoms with van der Waals surface area (Å²) in [5.74, 6) is -0.966. The smallest absolute Gasteiger partial charge is 0.181 e. The molecule has 2 N–H and O–H groups in total. The minimum atomic E-state index is -3.53. The third-order valence-electron chi connectivity index (χ3n) is 5.80. The van der Waals surface area contributed by atoms with Crippen LogP contribution in [0.1, 0.15) is 5.56 Å². The van der Waals surface area contributed by atoms with E-state index in [1.54, 1.807) is 53.1 Å². The lowest BCUT2D eigenvalue weighted by Crippen LogP contribution is -2.02. The quantitative estimate of drug-likeness (QED) is 0.369. The van der Waals surface area contributed by atoms with Gasteiger partial charge in [-0.15, -0.1) is 0 Å². The summed E-state index contributed by atoms with van der Waals surface area (Å²) >= 11 is 0. The van der Waals surface area contributed by atoms with Crippen LogP contribution in [0.15, 0.2) is 77.8 Å². The Morgan fingerprint density at radius 2 is 1.49 bits per heavy atom.